The zero-order valence-electron chi connectivity index (χ0n) is 14.7. The Bertz CT molecular complexity index is 634. The van der Waals surface area contributed by atoms with Gasteiger partial charge in [-0.25, -0.2) is 9.78 Å². The Hall–Kier alpha value is -2.37. The van der Waals surface area contributed by atoms with Crippen molar-refractivity contribution < 1.29 is 14.3 Å². The Morgan fingerprint density at radius 1 is 1.24 bits per heavy atom. The zero-order chi connectivity index (χ0) is 17.6. The van der Waals surface area contributed by atoms with Gasteiger partial charge < -0.3 is 14.5 Å². The first-order chi connectivity index (χ1) is 12.2. The molecule has 134 valence electrons. The summed E-state index contributed by atoms with van der Waals surface area (Å²) in [7, 11) is 0. The van der Waals surface area contributed by atoms with Crippen LogP contribution in [0.3, 0.4) is 0 Å². The molecular formula is C19H25N3O3. The number of aromatic nitrogens is 1. The summed E-state index contributed by atoms with van der Waals surface area (Å²) in [6.45, 7) is 5.10. The van der Waals surface area contributed by atoms with E-state index >= 15 is 0 Å². The van der Waals surface area contributed by atoms with Gasteiger partial charge in [0, 0.05) is 38.8 Å². The Morgan fingerprint density at radius 3 is 2.64 bits per heavy atom. The van der Waals surface area contributed by atoms with E-state index in [4.69, 9.17) is 4.74 Å². The maximum atomic E-state index is 12.4. The summed E-state index contributed by atoms with van der Waals surface area (Å²) in [6, 6.07) is 3.58. The van der Waals surface area contributed by atoms with Crippen LogP contribution in [0.5, 0.6) is 0 Å². The lowest BCUT2D eigenvalue weighted by Gasteiger charge is -2.35. The molecule has 1 unspecified atom stereocenters. The molecule has 1 saturated heterocycles. The number of hydrogen-bond acceptors (Lipinski definition) is 5. The van der Waals surface area contributed by atoms with Crippen LogP contribution in [-0.2, 0) is 9.53 Å². The molecule has 1 amide bonds. The van der Waals surface area contributed by atoms with E-state index in [-0.39, 0.29) is 11.9 Å². The molecule has 1 atom stereocenters. The molecule has 0 spiro atoms. The number of nitrogens with zero attached hydrogens (tertiary/aromatic N) is 3. The van der Waals surface area contributed by atoms with Crippen molar-refractivity contribution in [2.45, 2.75) is 26.2 Å². The molecule has 1 fully saturated rings. The normalized spacial score (nSPS) is 20.0. The van der Waals surface area contributed by atoms with Crippen molar-refractivity contribution in [3.05, 3.63) is 36.0 Å². The van der Waals surface area contributed by atoms with Gasteiger partial charge in [-0.2, -0.15) is 0 Å². The Kier molecular flexibility index (Phi) is 5.68. The van der Waals surface area contributed by atoms with Crippen LogP contribution in [-0.4, -0.2) is 54.5 Å². The number of piperazine rings is 1. The molecule has 2 aliphatic rings. The number of hydrogen-bond donors (Lipinski definition) is 0. The molecule has 6 nitrogen and oxygen atoms in total. The first kappa shape index (κ1) is 17.5. The Balaban J connectivity index is 1.50. The van der Waals surface area contributed by atoms with E-state index in [2.05, 4.69) is 22.0 Å². The number of allylic oxidation sites excluding steroid dienone is 2. The molecule has 3 rings (SSSR count). The molecule has 0 aromatic carbocycles. The Labute approximate surface area is 148 Å². The van der Waals surface area contributed by atoms with Crippen LogP contribution in [0.25, 0.3) is 0 Å². The van der Waals surface area contributed by atoms with Gasteiger partial charge in [0.25, 0.3) is 0 Å². The summed E-state index contributed by atoms with van der Waals surface area (Å²) < 4.78 is 4.97. The van der Waals surface area contributed by atoms with Crippen LogP contribution in [0.2, 0.25) is 0 Å². The van der Waals surface area contributed by atoms with Gasteiger partial charge in [-0.1, -0.05) is 12.2 Å². The predicted molar refractivity (Wildman–Crippen MR) is 95.5 cm³/mol. The second-order valence-corrected chi connectivity index (χ2v) is 6.46. The third-order valence-corrected chi connectivity index (χ3v) is 4.76. The van der Waals surface area contributed by atoms with E-state index in [0.717, 1.165) is 44.8 Å². The minimum atomic E-state index is -0.349. The van der Waals surface area contributed by atoms with Gasteiger partial charge in [0.2, 0.25) is 5.91 Å². The number of carbonyl (C=O) groups excluding carboxylic acids is 2. The van der Waals surface area contributed by atoms with Crippen LogP contribution in [0.1, 0.15) is 36.5 Å². The molecule has 1 aliphatic carbocycles. The van der Waals surface area contributed by atoms with Crippen LogP contribution in [0.15, 0.2) is 30.5 Å². The number of carbonyl (C=O) groups is 2. The van der Waals surface area contributed by atoms with Crippen molar-refractivity contribution in [1.29, 1.82) is 0 Å². The van der Waals surface area contributed by atoms with Gasteiger partial charge >= 0.3 is 5.97 Å². The molecule has 6 heteroatoms. The molecule has 1 aromatic rings. The lowest BCUT2D eigenvalue weighted by molar-refractivity contribution is -0.132. The predicted octanol–water partition coefficient (Wildman–Crippen LogP) is 2.26. The van der Waals surface area contributed by atoms with Gasteiger partial charge in [0.1, 0.15) is 5.82 Å². The first-order valence-electron chi connectivity index (χ1n) is 9.00. The van der Waals surface area contributed by atoms with Gasteiger partial charge in [0.15, 0.2) is 0 Å². The zero-order valence-corrected chi connectivity index (χ0v) is 14.7. The summed E-state index contributed by atoms with van der Waals surface area (Å²) in [5.41, 5.74) is 0.462. The number of esters is 1. The van der Waals surface area contributed by atoms with Crippen molar-refractivity contribution in [1.82, 2.24) is 9.88 Å². The highest BCUT2D eigenvalue weighted by Gasteiger charge is 2.24. The lowest BCUT2D eigenvalue weighted by Crippen LogP contribution is -2.49. The third-order valence-electron chi connectivity index (χ3n) is 4.76. The monoisotopic (exact) mass is 343 g/mol. The number of anilines is 1. The number of rotatable bonds is 5. The summed E-state index contributed by atoms with van der Waals surface area (Å²) in [5.74, 6) is 1.15. The summed E-state index contributed by atoms with van der Waals surface area (Å²) >= 11 is 0. The fourth-order valence-electron chi connectivity index (χ4n) is 3.31. The maximum Gasteiger partial charge on any atom is 0.339 e. The molecule has 0 bridgehead atoms. The van der Waals surface area contributed by atoms with Gasteiger partial charge in [-0.3, -0.25) is 4.79 Å². The number of pyridine rings is 1. The van der Waals surface area contributed by atoms with E-state index in [1.807, 2.05) is 11.0 Å². The number of amides is 1. The minimum absolute atomic E-state index is 0.252. The second kappa shape index (κ2) is 8.14. The average Bonchev–Trinajstić information content (AvgIpc) is 3.15. The van der Waals surface area contributed by atoms with Crippen molar-refractivity contribution in [2.75, 3.05) is 37.7 Å². The molecule has 0 N–H and O–H groups in total. The topological polar surface area (TPSA) is 62.7 Å². The highest BCUT2D eigenvalue weighted by molar-refractivity contribution is 5.89. The van der Waals surface area contributed by atoms with E-state index in [1.54, 1.807) is 19.2 Å². The molecule has 25 heavy (non-hydrogen) atoms. The molecule has 2 heterocycles. The standard InChI is InChI=1S/C19H25N3O3/c1-2-25-19(24)16-7-8-17(20-14-16)21-9-11-22(12-10-21)18(23)13-15-5-3-4-6-15/h3,5,7-8,14-15H,2,4,6,9-13H2,1H3. The first-order valence-corrected chi connectivity index (χ1v) is 9.00. The molecule has 0 saturated carbocycles. The SMILES string of the molecule is CCOC(=O)c1ccc(N2CCN(C(=O)CC3C=CCC3)CC2)nc1. The highest BCUT2D eigenvalue weighted by Crippen LogP contribution is 2.22. The van der Waals surface area contributed by atoms with Crippen LogP contribution in [0, 0.1) is 5.92 Å². The lowest BCUT2D eigenvalue weighted by atomic mass is 10.0. The summed E-state index contributed by atoms with van der Waals surface area (Å²) in [5, 5.41) is 0. The maximum absolute atomic E-state index is 12.4. The summed E-state index contributed by atoms with van der Waals surface area (Å²) in [6.07, 6.45) is 8.71. The van der Waals surface area contributed by atoms with Crippen molar-refractivity contribution >= 4 is 17.7 Å². The van der Waals surface area contributed by atoms with Crippen LogP contribution in [0.4, 0.5) is 5.82 Å². The average molecular weight is 343 g/mol. The van der Waals surface area contributed by atoms with Gasteiger partial charge in [-0.05, 0) is 37.8 Å². The van der Waals surface area contributed by atoms with Crippen LogP contribution >= 0.6 is 0 Å². The van der Waals surface area contributed by atoms with E-state index < -0.39 is 0 Å². The number of ether oxygens (including phenoxy) is 1. The van der Waals surface area contributed by atoms with Crippen molar-refractivity contribution in [2.24, 2.45) is 5.92 Å². The minimum Gasteiger partial charge on any atom is -0.462 e. The Morgan fingerprint density at radius 2 is 2.04 bits per heavy atom. The fraction of sp³-hybridized carbons (Fsp3) is 0.526. The molecule has 0 radical (unpaired) electrons. The van der Waals surface area contributed by atoms with Crippen molar-refractivity contribution in [3.8, 4) is 0 Å². The second-order valence-electron chi connectivity index (χ2n) is 6.46. The van der Waals surface area contributed by atoms with Crippen LogP contribution < -0.4 is 4.90 Å². The quantitative estimate of drug-likeness (QED) is 0.606. The largest absolute Gasteiger partial charge is 0.462 e. The molecule has 1 aliphatic heterocycles. The smallest absolute Gasteiger partial charge is 0.339 e. The highest BCUT2D eigenvalue weighted by atomic mass is 16.5. The molecular weight excluding hydrogens is 318 g/mol. The summed E-state index contributed by atoms with van der Waals surface area (Å²) in [4.78, 5) is 32.5. The molecule has 1 aromatic heterocycles. The van der Waals surface area contributed by atoms with E-state index in [0.29, 0.717) is 24.5 Å². The van der Waals surface area contributed by atoms with E-state index in [1.165, 1.54) is 0 Å². The van der Waals surface area contributed by atoms with E-state index in [9.17, 15) is 9.59 Å². The third kappa shape index (κ3) is 4.38. The van der Waals surface area contributed by atoms with Gasteiger partial charge in [-0.15, -0.1) is 0 Å². The fourth-order valence-corrected chi connectivity index (χ4v) is 3.31. The van der Waals surface area contributed by atoms with Crippen molar-refractivity contribution in [3.63, 3.8) is 0 Å². The van der Waals surface area contributed by atoms with Gasteiger partial charge in [0.05, 0.1) is 12.2 Å².